The van der Waals surface area contributed by atoms with E-state index in [1.165, 1.54) is 18.2 Å². The van der Waals surface area contributed by atoms with Gasteiger partial charge in [0.15, 0.2) is 0 Å². The third-order valence-electron chi connectivity index (χ3n) is 3.76. The van der Waals surface area contributed by atoms with Crippen LogP contribution in [0.15, 0.2) is 30.3 Å². The van der Waals surface area contributed by atoms with Crippen LogP contribution < -0.4 is 0 Å². The SMILES string of the molecule is CCOC(=O)CCN(CCCN(C)C)C(=O)/C=C/c1ccc([N+](=O)[O-])cc1. The number of esters is 1. The van der Waals surface area contributed by atoms with Crippen molar-refractivity contribution in [1.82, 2.24) is 9.80 Å². The van der Waals surface area contributed by atoms with Crippen molar-refractivity contribution in [2.24, 2.45) is 0 Å². The van der Waals surface area contributed by atoms with Gasteiger partial charge in [0.2, 0.25) is 5.91 Å². The van der Waals surface area contributed by atoms with Gasteiger partial charge in [-0.3, -0.25) is 19.7 Å². The molecule has 8 heteroatoms. The Morgan fingerprint density at radius 2 is 1.81 bits per heavy atom. The van der Waals surface area contributed by atoms with E-state index in [0.717, 1.165) is 13.0 Å². The number of nitrogens with zero attached hydrogens (tertiary/aromatic N) is 3. The van der Waals surface area contributed by atoms with Gasteiger partial charge < -0.3 is 14.5 Å². The van der Waals surface area contributed by atoms with Crippen LogP contribution >= 0.6 is 0 Å². The van der Waals surface area contributed by atoms with Crippen LogP contribution in [0.2, 0.25) is 0 Å². The van der Waals surface area contributed by atoms with Crippen LogP contribution in [-0.4, -0.2) is 66.9 Å². The van der Waals surface area contributed by atoms with Crippen molar-refractivity contribution in [2.75, 3.05) is 40.3 Å². The fourth-order valence-electron chi connectivity index (χ4n) is 2.35. The van der Waals surface area contributed by atoms with Gasteiger partial charge in [-0.2, -0.15) is 0 Å². The molecule has 1 aromatic carbocycles. The van der Waals surface area contributed by atoms with Gasteiger partial charge in [-0.15, -0.1) is 0 Å². The number of ether oxygens (including phenoxy) is 1. The molecule has 1 aromatic rings. The number of carbonyl (C=O) groups is 2. The second-order valence-corrected chi connectivity index (χ2v) is 6.22. The van der Waals surface area contributed by atoms with Crippen LogP contribution in [0.25, 0.3) is 6.08 Å². The zero-order valence-corrected chi connectivity index (χ0v) is 16.1. The fourth-order valence-corrected chi connectivity index (χ4v) is 2.35. The molecule has 0 N–H and O–H groups in total. The molecule has 148 valence electrons. The summed E-state index contributed by atoms with van der Waals surface area (Å²) < 4.78 is 4.92. The molecule has 0 unspecified atom stereocenters. The van der Waals surface area contributed by atoms with Crippen molar-refractivity contribution in [3.63, 3.8) is 0 Å². The van der Waals surface area contributed by atoms with Gasteiger partial charge in [-0.1, -0.05) is 0 Å². The van der Waals surface area contributed by atoms with Gasteiger partial charge in [0, 0.05) is 31.3 Å². The number of carbonyl (C=O) groups excluding carboxylic acids is 2. The molecular weight excluding hydrogens is 350 g/mol. The van der Waals surface area contributed by atoms with Crippen molar-refractivity contribution < 1.29 is 19.2 Å². The van der Waals surface area contributed by atoms with Crippen molar-refractivity contribution >= 4 is 23.6 Å². The van der Waals surface area contributed by atoms with Gasteiger partial charge in [0.05, 0.1) is 18.0 Å². The maximum atomic E-state index is 12.5. The summed E-state index contributed by atoms with van der Waals surface area (Å²) in [6.07, 6.45) is 3.96. The van der Waals surface area contributed by atoms with Crippen molar-refractivity contribution in [3.05, 3.63) is 46.0 Å². The number of hydrogen-bond donors (Lipinski definition) is 0. The summed E-state index contributed by atoms with van der Waals surface area (Å²) in [5.41, 5.74) is 0.686. The fraction of sp³-hybridized carbons (Fsp3) is 0.474. The Hall–Kier alpha value is -2.74. The zero-order valence-electron chi connectivity index (χ0n) is 16.1. The van der Waals surface area contributed by atoms with E-state index in [-0.39, 0.29) is 30.5 Å². The molecule has 0 atom stereocenters. The Morgan fingerprint density at radius 1 is 1.15 bits per heavy atom. The first-order valence-electron chi connectivity index (χ1n) is 8.85. The number of nitro benzene ring substituents is 1. The molecule has 8 nitrogen and oxygen atoms in total. The van der Waals surface area contributed by atoms with E-state index < -0.39 is 4.92 Å². The van der Waals surface area contributed by atoms with E-state index in [9.17, 15) is 19.7 Å². The van der Waals surface area contributed by atoms with E-state index in [1.807, 2.05) is 19.0 Å². The maximum Gasteiger partial charge on any atom is 0.307 e. The minimum atomic E-state index is -0.472. The molecule has 0 fully saturated rings. The van der Waals surface area contributed by atoms with Crippen LogP contribution in [0.5, 0.6) is 0 Å². The number of amides is 1. The van der Waals surface area contributed by atoms with Crippen molar-refractivity contribution in [1.29, 1.82) is 0 Å². The van der Waals surface area contributed by atoms with Crippen LogP contribution in [0.4, 0.5) is 5.69 Å². The summed E-state index contributed by atoms with van der Waals surface area (Å²) in [7, 11) is 3.92. The van der Waals surface area contributed by atoms with Crippen LogP contribution in [-0.2, 0) is 14.3 Å². The third kappa shape index (κ3) is 8.96. The molecule has 0 aliphatic carbocycles. The van der Waals surface area contributed by atoms with Gasteiger partial charge in [-0.05, 0) is 57.8 Å². The normalized spacial score (nSPS) is 11.0. The molecular formula is C19H27N3O5. The Morgan fingerprint density at radius 3 is 2.37 bits per heavy atom. The highest BCUT2D eigenvalue weighted by Gasteiger charge is 2.13. The smallest absolute Gasteiger partial charge is 0.307 e. The minimum absolute atomic E-state index is 0.00164. The van der Waals surface area contributed by atoms with Crippen LogP contribution in [0.3, 0.4) is 0 Å². The van der Waals surface area contributed by atoms with Gasteiger partial charge in [-0.25, -0.2) is 0 Å². The highest BCUT2D eigenvalue weighted by Crippen LogP contribution is 2.13. The number of benzene rings is 1. The second-order valence-electron chi connectivity index (χ2n) is 6.22. The lowest BCUT2D eigenvalue weighted by molar-refractivity contribution is -0.384. The molecule has 0 aliphatic heterocycles. The Bertz CT molecular complexity index is 656. The maximum absolute atomic E-state index is 12.5. The first-order chi connectivity index (χ1) is 12.8. The van der Waals surface area contributed by atoms with Gasteiger partial charge in [0.1, 0.15) is 0 Å². The summed E-state index contributed by atoms with van der Waals surface area (Å²) in [5.74, 6) is -0.543. The Kier molecular flexibility index (Phi) is 9.74. The van der Waals surface area contributed by atoms with E-state index >= 15 is 0 Å². The van der Waals surface area contributed by atoms with Gasteiger partial charge in [0.25, 0.3) is 5.69 Å². The molecule has 0 aliphatic rings. The number of nitro groups is 1. The van der Waals surface area contributed by atoms with Crippen LogP contribution in [0, 0.1) is 10.1 Å². The number of non-ortho nitro benzene ring substituents is 1. The van der Waals surface area contributed by atoms with Crippen LogP contribution in [0.1, 0.15) is 25.3 Å². The molecule has 27 heavy (non-hydrogen) atoms. The van der Waals surface area contributed by atoms with E-state index in [0.29, 0.717) is 18.7 Å². The van der Waals surface area contributed by atoms with Crippen molar-refractivity contribution in [2.45, 2.75) is 19.8 Å². The summed E-state index contributed by atoms with van der Waals surface area (Å²) in [4.78, 5) is 37.9. The zero-order chi connectivity index (χ0) is 20.2. The minimum Gasteiger partial charge on any atom is -0.466 e. The lowest BCUT2D eigenvalue weighted by atomic mass is 10.2. The molecule has 0 aromatic heterocycles. The number of hydrogen-bond acceptors (Lipinski definition) is 6. The Balaban J connectivity index is 2.71. The highest BCUT2D eigenvalue weighted by molar-refractivity contribution is 5.92. The lowest BCUT2D eigenvalue weighted by Crippen LogP contribution is -2.34. The topological polar surface area (TPSA) is 93.0 Å². The van der Waals surface area contributed by atoms with E-state index in [4.69, 9.17) is 4.74 Å². The molecule has 0 heterocycles. The second kappa shape index (κ2) is 11.8. The lowest BCUT2D eigenvalue weighted by Gasteiger charge is -2.22. The molecule has 0 spiro atoms. The quantitative estimate of drug-likeness (QED) is 0.254. The molecule has 1 amide bonds. The van der Waals surface area contributed by atoms with E-state index in [2.05, 4.69) is 0 Å². The molecule has 0 saturated heterocycles. The van der Waals surface area contributed by atoms with Crippen molar-refractivity contribution in [3.8, 4) is 0 Å². The first-order valence-corrected chi connectivity index (χ1v) is 8.85. The summed E-state index contributed by atoms with van der Waals surface area (Å²) >= 11 is 0. The molecule has 0 radical (unpaired) electrons. The number of rotatable bonds is 11. The molecule has 0 saturated carbocycles. The predicted molar refractivity (Wildman–Crippen MR) is 103 cm³/mol. The standard InChI is InChI=1S/C19H27N3O5/c1-4-27-19(24)12-15-21(14-5-13-20(2)3)18(23)11-8-16-6-9-17(10-7-16)22(25)26/h6-11H,4-5,12-15H2,1-3H3/b11-8+. The summed E-state index contributed by atoms with van der Waals surface area (Å²) in [6.45, 7) is 3.70. The third-order valence-corrected chi connectivity index (χ3v) is 3.76. The largest absolute Gasteiger partial charge is 0.466 e. The summed E-state index contributed by atoms with van der Waals surface area (Å²) in [6, 6.07) is 5.94. The van der Waals surface area contributed by atoms with E-state index in [1.54, 1.807) is 30.0 Å². The van der Waals surface area contributed by atoms with Gasteiger partial charge >= 0.3 is 5.97 Å². The average molecular weight is 377 g/mol. The first kappa shape index (κ1) is 22.3. The highest BCUT2D eigenvalue weighted by atomic mass is 16.6. The summed E-state index contributed by atoms with van der Waals surface area (Å²) in [5, 5.41) is 10.7. The monoisotopic (exact) mass is 377 g/mol. The molecule has 0 bridgehead atoms. The Labute approximate surface area is 159 Å². The molecule has 1 rings (SSSR count). The predicted octanol–water partition coefficient (Wildman–Crippen LogP) is 2.34. The average Bonchev–Trinajstić information content (AvgIpc) is 2.62.